The number of aryl methyl sites for hydroxylation is 2. The van der Waals surface area contributed by atoms with E-state index in [9.17, 15) is 0 Å². The van der Waals surface area contributed by atoms with Gasteiger partial charge in [0.25, 0.3) is 0 Å². The van der Waals surface area contributed by atoms with Crippen LogP contribution in [0.5, 0.6) is 0 Å². The molecule has 4 heteroatoms. The molecule has 0 bridgehead atoms. The summed E-state index contributed by atoms with van der Waals surface area (Å²) in [4.78, 5) is 10.8. The Kier molecular flexibility index (Phi) is 2.65. The van der Waals surface area contributed by atoms with Crippen LogP contribution < -0.4 is 0 Å². The molecule has 0 N–H and O–H groups in total. The van der Waals surface area contributed by atoms with Crippen LogP contribution in [0.25, 0.3) is 10.4 Å². The van der Waals surface area contributed by atoms with Crippen molar-refractivity contribution < 1.29 is 0 Å². The van der Waals surface area contributed by atoms with Crippen LogP contribution in [0.15, 0.2) is 22.9 Å². The average molecular weight is 269 g/mol. The zero-order valence-electron chi connectivity index (χ0n) is 7.91. The third-order valence-corrected chi connectivity index (χ3v) is 4.11. The van der Waals surface area contributed by atoms with Crippen molar-refractivity contribution in [2.75, 3.05) is 0 Å². The Labute approximate surface area is 95.2 Å². The molecule has 0 aliphatic heterocycles. The van der Waals surface area contributed by atoms with Gasteiger partial charge in [0.2, 0.25) is 0 Å². The van der Waals surface area contributed by atoms with Crippen molar-refractivity contribution in [1.29, 1.82) is 0 Å². The highest BCUT2D eigenvalue weighted by Crippen LogP contribution is 2.33. The molecule has 2 heterocycles. The summed E-state index contributed by atoms with van der Waals surface area (Å²) >= 11 is 5.24. The second-order valence-corrected chi connectivity index (χ2v) is 5.14. The zero-order valence-corrected chi connectivity index (χ0v) is 10.3. The summed E-state index contributed by atoms with van der Waals surface area (Å²) in [5.41, 5.74) is 1.08. The van der Waals surface area contributed by atoms with E-state index in [0.29, 0.717) is 0 Å². The van der Waals surface area contributed by atoms with Gasteiger partial charge in [-0.15, -0.1) is 11.3 Å². The van der Waals surface area contributed by atoms with E-state index in [1.54, 1.807) is 11.3 Å². The van der Waals surface area contributed by atoms with E-state index >= 15 is 0 Å². The maximum absolute atomic E-state index is 4.17. The Morgan fingerprint density at radius 3 is 2.36 bits per heavy atom. The second kappa shape index (κ2) is 3.79. The van der Waals surface area contributed by atoms with Crippen molar-refractivity contribution >= 4 is 27.3 Å². The maximum atomic E-state index is 4.17. The summed E-state index contributed by atoms with van der Waals surface area (Å²) in [5.74, 6) is 0.807. The predicted molar refractivity (Wildman–Crippen MR) is 62.5 cm³/mol. The molecule has 0 atom stereocenters. The Morgan fingerprint density at radius 2 is 1.86 bits per heavy atom. The molecule has 0 fully saturated rings. The lowest BCUT2D eigenvalue weighted by molar-refractivity contribution is 1.06. The minimum atomic E-state index is 0.807. The van der Waals surface area contributed by atoms with Crippen LogP contribution in [-0.4, -0.2) is 9.97 Å². The van der Waals surface area contributed by atoms with Crippen LogP contribution in [0.1, 0.15) is 10.7 Å². The first kappa shape index (κ1) is 9.80. The van der Waals surface area contributed by atoms with E-state index in [1.165, 1.54) is 9.75 Å². The van der Waals surface area contributed by atoms with Gasteiger partial charge in [-0.05, 0) is 35.8 Å². The molecular weight excluding hydrogens is 260 g/mol. The van der Waals surface area contributed by atoms with Crippen molar-refractivity contribution in [3.05, 3.63) is 33.6 Å². The summed E-state index contributed by atoms with van der Waals surface area (Å²) < 4.78 is 1.15. The molecule has 0 aliphatic rings. The minimum absolute atomic E-state index is 0.807. The number of nitrogens with zero attached hydrogens (tertiary/aromatic N) is 2. The molecule has 0 radical (unpaired) electrons. The molecule has 2 aromatic rings. The fourth-order valence-corrected chi connectivity index (χ4v) is 2.63. The van der Waals surface area contributed by atoms with Crippen LogP contribution in [0.4, 0.5) is 0 Å². The van der Waals surface area contributed by atoms with Gasteiger partial charge < -0.3 is 0 Å². The van der Waals surface area contributed by atoms with Crippen molar-refractivity contribution in [3.8, 4) is 10.4 Å². The highest BCUT2D eigenvalue weighted by Gasteiger charge is 2.05. The third kappa shape index (κ3) is 1.86. The molecule has 2 rings (SSSR count). The molecule has 0 saturated carbocycles. The highest BCUT2D eigenvalue weighted by atomic mass is 79.9. The monoisotopic (exact) mass is 268 g/mol. The number of halogens is 1. The standard InChI is InChI=1S/C10H9BrN2S/c1-6-9(11)3-10(14-6)8-4-12-7(2)13-5-8/h3-5H,1-2H3. The molecule has 2 aromatic heterocycles. The SMILES string of the molecule is Cc1ncc(-c2cc(Br)c(C)s2)cn1. The van der Waals surface area contributed by atoms with Gasteiger partial charge in [0, 0.05) is 32.2 Å². The molecule has 0 amide bonds. The summed E-state index contributed by atoms with van der Waals surface area (Å²) in [6, 6.07) is 2.11. The predicted octanol–water partition coefficient (Wildman–Crippen LogP) is 3.58. The largest absolute Gasteiger partial charge is 0.241 e. The van der Waals surface area contributed by atoms with E-state index in [4.69, 9.17) is 0 Å². The molecule has 0 aromatic carbocycles. The van der Waals surface area contributed by atoms with Crippen molar-refractivity contribution in [1.82, 2.24) is 9.97 Å². The van der Waals surface area contributed by atoms with Crippen LogP contribution >= 0.6 is 27.3 Å². The van der Waals surface area contributed by atoms with E-state index in [0.717, 1.165) is 15.9 Å². The van der Waals surface area contributed by atoms with Gasteiger partial charge in [-0.1, -0.05) is 0 Å². The lowest BCUT2D eigenvalue weighted by Gasteiger charge is -1.95. The van der Waals surface area contributed by atoms with Gasteiger partial charge in [0.1, 0.15) is 5.82 Å². The summed E-state index contributed by atoms with van der Waals surface area (Å²) in [7, 11) is 0. The van der Waals surface area contributed by atoms with Gasteiger partial charge in [-0.25, -0.2) is 9.97 Å². The van der Waals surface area contributed by atoms with Crippen molar-refractivity contribution in [2.45, 2.75) is 13.8 Å². The lowest BCUT2D eigenvalue weighted by atomic mass is 10.3. The molecule has 0 aliphatic carbocycles. The smallest absolute Gasteiger partial charge is 0.125 e. The van der Waals surface area contributed by atoms with Crippen LogP contribution in [0, 0.1) is 13.8 Å². The van der Waals surface area contributed by atoms with Gasteiger partial charge in [0.05, 0.1) is 0 Å². The fraction of sp³-hybridized carbons (Fsp3) is 0.200. The Morgan fingerprint density at radius 1 is 1.21 bits per heavy atom. The molecule has 0 saturated heterocycles. The highest BCUT2D eigenvalue weighted by molar-refractivity contribution is 9.10. The number of hydrogen-bond donors (Lipinski definition) is 0. The molecular formula is C10H9BrN2S. The molecule has 0 unspecified atom stereocenters. The van der Waals surface area contributed by atoms with Gasteiger partial charge in [-0.3, -0.25) is 0 Å². The van der Waals surface area contributed by atoms with Crippen LogP contribution in [0.3, 0.4) is 0 Å². The zero-order chi connectivity index (χ0) is 10.1. The Balaban J connectivity index is 2.44. The van der Waals surface area contributed by atoms with E-state index in [-0.39, 0.29) is 0 Å². The molecule has 14 heavy (non-hydrogen) atoms. The van der Waals surface area contributed by atoms with Gasteiger partial charge in [0.15, 0.2) is 0 Å². The van der Waals surface area contributed by atoms with Crippen LogP contribution in [0.2, 0.25) is 0 Å². The lowest BCUT2D eigenvalue weighted by Crippen LogP contribution is -1.85. The summed E-state index contributed by atoms with van der Waals surface area (Å²) in [5, 5.41) is 0. The summed E-state index contributed by atoms with van der Waals surface area (Å²) in [6.45, 7) is 3.98. The maximum Gasteiger partial charge on any atom is 0.125 e. The minimum Gasteiger partial charge on any atom is -0.241 e. The number of aromatic nitrogens is 2. The van der Waals surface area contributed by atoms with Crippen molar-refractivity contribution in [2.24, 2.45) is 0 Å². The van der Waals surface area contributed by atoms with E-state index in [2.05, 4.69) is 38.9 Å². The fourth-order valence-electron chi connectivity index (χ4n) is 1.12. The summed E-state index contributed by atoms with van der Waals surface area (Å²) in [6.07, 6.45) is 3.72. The van der Waals surface area contributed by atoms with Gasteiger partial charge in [-0.2, -0.15) is 0 Å². The third-order valence-electron chi connectivity index (χ3n) is 1.92. The Hall–Kier alpha value is -0.740. The number of hydrogen-bond acceptors (Lipinski definition) is 3. The first-order valence-corrected chi connectivity index (χ1v) is 5.83. The average Bonchev–Trinajstić information content (AvgIpc) is 2.48. The quantitative estimate of drug-likeness (QED) is 0.790. The topological polar surface area (TPSA) is 25.8 Å². The normalized spacial score (nSPS) is 10.5. The first-order chi connectivity index (χ1) is 6.66. The van der Waals surface area contributed by atoms with Crippen molar-refractivity contribution in [3.63, 3.8) is 0 Å². The van der Waals surface area contributed by atoms with E-state index < -0.39 is 0 Å². The number of rotatable bonds is 1. The van der Waals surface area contributed by atoms with E-state index in [1.807, 2.05) is 19.3 Å². The van der Waals surface area contributed by atoms with Crippen LogP contribution in [-0.2, 0) is 0 Å². The Bertz CT molecular complexity index is 428. The second-order valence-electron chi connectivity index (χ2n) is 3.03. The van der Waals surface area contributed by atoms with Gasteiger partial charge >= 0.3 is 0 Å². The first-order valence-electron chi connectivity index (χ1n) is 4.22. The molecule has 0 spiro atoms. The molecule has 72 valence electrons. The molecule has 2 nitrogen and oxygen atoms in total. The number of thiophene rings is 1.